The lowest BCUT2D eigenvalue weighted by molar-refractivity contribution is 0.0925. The molecule has 6 nitrogen and oxygen atoms in total. The van der Waals surface area contributed by atoms with Crippen molar-refractivity contribution in [2.24, 2.45) is 0 Å². The van der Waals surface area contributed by atoms with Gasteiger partial charge in [-0.2, -0.15) is 5.10 Å². The van der Waals surface area contributed by atoms with Crippen LogP contribution < -0.4 is 5.32 Å². The fourth-order valence-corrected chi connectivity index (χ4v) is 2.88. The molecule has 130 valence electrons. The number of amides is 1. The van der Waals surface area contributed by atoms with E-state index in [0.29, 0.717) is 11.5 Å². The van der Waals surface area contributed by atoms with Gasteiger partial charge in [-0.25, -0.2) is 9.67 Å². The molecule has 0 aromatic carbocycles. The second-order valence-corrected chi connectivity index (χ2v) is 7.79. The number of aliphatic hydroxyl groups is 1. The van der Waals surface area contributed by atoms with Crippen molar-refractivity contribution in [3.63, 3.8) is 0 Å². The highest BCUT2D eigenvalue weighted by Crippen LogP contribution is 2.40. The molecule has 1 unspecified atom stereocenters. The second-order valence-electron chi connectivity index (χ2n) is 7.79. The molecule has 2 aromatic rings. The van der Waals surface area contributed by atoms with Crippen LogP contribution in [0.5, 0.6) is 0 Å². The predicted molar refractivity (Wildman–Crippen MR) is 93.3 cm³/mol. The van der Waals surface area contributed by atoms with Gasteiger partial charge in [0.25, 0.3) is 5.91 Å². The third-order valence-electron chi connectivity index (χ3n) is 4.27. The van der Waals surface area contributed by atoms with Crippen molar-refractivity contribution >= 4 is 16.9 Å². The Bertz CT molecular complexity index is 782. The summed E-state index contributed by atoms with van der Waals surface area (Å²) in [5.74, 6) is 0.267. The first kappa shape index (κ1) is 16.9. The van der Waals surface area contributed by atoms with E-state index in [1.165, 1.54) is 0 Å². The molecule has 24 heavy (non-hydrogen) atoms. The van der Waals surface area contributed by atoms with Crippen molar-refractivity contribution in [3.8, 4) is 0 Å². The third-order valence-corrected chi connectivity index (χ3v) is 4.27. The lowest BCUT2D eigenvalue weighted by Gasteiger charge is -2.20. The molecule has 1 aliphatic rings. The fourth-order valence-electron chi connectivity index (χ4n) is 2.88. The van der Waals surface area contributed by atoms with Crippen molar-refractivity contribution in [2.45, 2.75) is 65.0 Å². The first-order valence-electron chi connectivity index (χ1n) is 8.55. The van der Waals surface area contributed by atoms with Crippen molar-refractivity contribution in [1.29, 1.82) is 0 Å². The Kier molecular flexibility index (Phi) is 4.11. The highest BCUT2D eigenvalue weighted by Gasteiger charge is 2.30. The lowest BCUT2D eigenvalue weighted by atomic mass is 10.1. The molecule has 1 amide bonds. The van der Waals surface area contributed by atoms with Gasteiger partial charge in [-0.3, -0.25) is 4.79 Å². The van der Waals surface area contributed by atoms with Gasteiger partial charge >= 0.3 is 0 Å². The molecule has 1 atom stereocenters. The summed E-state index contributed by atoms with van der Waals surface area (Å²) in [6.07, 6.45) is 1.67. The van der Waals surface area contributed by atoms with E-state index in [9.17, 15) is 9.90 Å². The van der Waals surface area contributed by atoms with Gasteiger partial charge in [-0.1, -0.05) is 0 Å². The minimum absolute atomic E-state index is 0.179. The number of fused-ring (bicyclic) bond motifs is 1. The Morgan fingerprint density at radius 1 is 1.46 bits per heavy atom. The Balaban J connectivity index is 2.16. The van der Waals surface area contributed by atoms with Crippen LogP contribution in [0.1, 0.15) is 68.2 Å². The van der Waals surface area contributed by atoms with Gasteiger partial charge < -0.3 is 10.4 Å². The van der Waals surface area contributed by atoms with Gasteiger partial charge in [0.15, 0.2) is 5.65 Å². The van der Waals surface area contributed by atoms with Crippen LogP contribution in [-0.2, 0) is 5.54 Å². The summed E-state index contributed by atoms with van der Waals surface area (Å²) in [5.41, 5.74) is 2.93. The molecule has 0 saturated heterocycles. The van der Waals surface area contributed by atoms with Crippen LogP contribution in [0.3, 0.4) is 0 Å². The number of nitrogens with one attached hydrogen (secondary N) is 1. The number of carbonyl (C=O) groups is 1. The summed E-state index contributed by atoms with van der Waals surface area (Å²) in [6.45, 7) is 10.0. The van der Waals surface area contributed by atoms with Crippen LogP contribution in [0.4, 0.5) is 0 Å². The molecule has 3 rings (SSSR count). The van der Waals surface area contributed by atoms with E-state index in [2.05, 4.69) is 31.2 Å². The summed E-state index contributed by atoms with van der Waals surface area (Å²) in [4.78, 5) is 17.5. The van der Waals surface area contributed by atoms with E-state index in [1.54, 1.807) is 6.92 Å². The minimum Gasteiger partial charge on any atom is -0.392 e. The molecule has 0 bridgehead atoms. The summed E-state index contributed by atoms with van der Waals surface area (Å²) < 4.78 is 1.91. The number of aliphatic hydroxyl groups excluding tert-OH is 1. The summed E-state index contributed by atoms with van der Waals surface area (Å²) >= 11 is 0. The molecule has 2 aromatic heterocycles. The molecule has 6 heteroatoms. The zero-order chi connectivity index (χ0) is 17.6. The first-order valence-corrected chi connectivity index (χ1v) is 8.55. The standard InChI is InChI=1S/C18H26N4O2/c1-10(23)9-19-17(24)13-8-14(12-6-7-12)20-16-15(13)11(2)21-22(16)18(3,4)5/h8,10,12,23H,6-7,9H2,1-5H3,(H,19,24). The monoisotopic (exact) mass is 330 g/mol. The number of aromatic nitrogens is 3. The maximum atomic E-state index is 12.7. The molecular formula is C18H26N4O2. The lowest BCUT2D eigenvalue weighted by Crippen LogP contribution is -2.31. The van der Waals surface area contributed by atoms with Crippen molar-refractivity contribution in [2.75, 3.05) is 6.54 Å². The van der Waals surface area contributed by atoms with E-state index in [0.717, 1.165) is 35.3 Å². The summed E-state index contributed by atoms with van der Waals surface area (Å²) in [7, 11) is 0. The Morgan fingerprint density at radius 3 is 2.67 bits per heavy atom. The van der Waals surface area contributed by atoms with Crippen molar-refractivity contribution in [3.05, 3.63) is 23.0 Å². The molecule has 2 heterocycles. The van der Waals surface area contributed by atoms with Crippen LogP contribution in [0, 0.1) is 6.92 Å². The SMILES string of the molecule is Cc1nn(C(C)(C)C)c2nc(C3CC3)cc(C(=O)NCC(C)O)c12. The first-order chi connectivity index (χ1) is 11.2. The summed E-state index contributed by atoms with van der Waals surface area (Å²) in [5, 5.41) is 17.7. The quantitative estimate of drug-likeness (QED) is 0.902. The van der Waals surface area contributed by atoms with Gasteiger partial charge in [-0.05, 0) is 53.5 Å². The van der Waals surface area contributed by atoms with Crippen LogP contribution in [0.15, 0.2) is 6.07 Å². The minimum atomic E-state index is -0.576. The maximum absolute atomic E-state index is 12.7. The average Bonchev–Trinajstić information content (AvgIpc) is 3.27. The Morgan fingerprint density at radius 2 is 2.12 bits per heavy atom. The summed E-state index contributed by atoms with van der Waals surface area (Å²) in [6, 6.07) is 1.90. The number of rotatable bonds is 4. The van der Waals surface area contributed by atoms with Crippen molar-refractivity contribution in [1.82, 2.24) is 20.1 Å². The van der Waals surface area contributed by atoms with E-state index in [4.69, 9.17) is 4.98 Å². The number of hydrogen-bond donors (Lipinski definition) is 2. The number of hydrogen-bond acceptors (Lipinski definition) is 4. The molecule has 1 fully saturated rings. The molecule has 2 N–H and O–H groups in total. The van der Waals surface area contributed by atoms with Crippen molar-refractivity contribution < 1.29 is 9.90 Å². The topological polar surface area (TPSA) is 80.0 Å². The number of pyridine rings is 1. The molecule has 0 radical (unpaired) electrons. The van der Waals surface area contributed by atoms with Gasteiger partial charge in [0.1, 0.15) is 0 Å². The average molecular weight is 330 g/mol. The zero-order valence-electron chi connectivity index (χ0n) is 15.1. The van der Waals surface area contributed by atoms with Crippen LogP contribution >= 0.6 is 0 Å². The van der Waals surface area contributed by atoms with E-state index >= 15 is 0 Å². The van der Waals surface area contributed by atoms with Crippen LogP contribution in [0.2, 0.25) is 0 Å². The Labute approximate surface area is 142 Å². The number of nitrogens with zero attached hydrogens (tertiary/aromatic N) is 3. The van der Waals surface area contributed by atoms with Crippen LogP contribution in [0.25, 0.3) is 11.0 Å². The molecular weight excluding hydrogens is 304 g/mol. The normalized spacial score (nSPS) is 16.4. The predicted octanol–water partition coefficient (Wildman–Crippen LogP) is 2.48. The van der Waals surface area contributed by atoms with Gasteiger partial charge in [0.05, 0.1) is 28.3 Å². The van der Waals surface area contributed by atoms with E-state index < -0.39 is 6.10 Å². The second kappa shape index (κ2) is 5.84. The molecule has 0 aliphatic heterocycles. The van der Waals surface area contributed by atoms with Gasteiger partial charge in [-0.15, -0.1) is 0 Å². The maximum Gasteiger partial charge on any atom is 0.252 e. The Hall–Kier alpha value is -1.95. The van der Waals surface area contributed by atoms with Gasteiger partial charge in [0, 0.05) is 18.2 Å². The molecule has 1 aliphatic carbocycles. The van der Waals surface area contributed by atoms with E-state index in [1.807, 2.05) is 17.7 Å². The third kappa shape index (κ3) is 3.15. The van der Waals surface area contributed by atoms with Gasteiger partial charge in [0.2, 0.25) is 0 Å². The molecule has 1 saturated carbocycles. The highest BCUT2D eigenvalue weighted by molar-refractivity contribution is 6.06. The van der Waals surface area contributed by atoms with Crippen LogP contribution in [-0.4, -0.2) is 38.4 Å². The zero-order valence-corrected chi connectivity index (χ0v) is 15.1. The van der Waals surface area contributed by atoms with E-state index in [-0.39, 0.29) is 18.0 Å². The number of carbonyl (C=O) groups excluding carboxylic acids is 1. The smallest absolute Gasteiger partial charge is 0.252 e. The highest BCUT2D eigenvalue weighted by atomic mass is 16.3. The molecule has 0 spiro atoms. The number of aryl methyl sites for hydroxylation is 1. The largest absolute Gasteiger partial charge is 0.392 e. The fraction of sp³-hybridized carbons (Fsp3) is 0.611.